The number of nitrogens with zero attached hydrogens (tertiary/aromatic N) is 2. The van der Waals surface area contributed by atoms with E-state index in [4.69, 9.17) is 10.5 Å². The Kier molecular flexibility index (Phi) is 4.11. The monoisotopic (exact) mass is 295 g/mol. The zero-order valence-electron chi connectivity index (χ0n) is 14.3. The van der Waals surface area contributed by atoms with Crippen molar-refractivity contribution in [3.8, 4) is 0 Å². The van der Waals surface area contributed by atoms with Crippen molar-refractivity contribution in [3.05, 3.63) is 0 Å². The Morgan fingerprint density at radius 3 is 2.52 bits per heavy atom. The van der Waals surface area contributed by atoms with Gasteiger partial charge in [0.2, 0.25) is 0 Å². The summed E-state index contributed by atoms with van der Waals surface area (Å²) in [6.45, 7) is 12.4. The van der Waals surface area contributed by atoms with E-state index in [1.165, 1.54) is 32.5 Å². The van der Waals surface area contributed by atoms with Crippen molar-refractivity contribution >= 4 is 0 Å². The molecule has 3 rings (SSSR count). The Hall–Kier alpha value is -0.160. The van der Waals surface area contributed by atoms with Gasteiger partial charge in [0.05, 0.1) is 6.10 Å². The van der Waals surface area contributed by atoms with Crippen LogP contribution in [0.5, 0.6) is 0 Å². The molecule has 1 aliphatic carbocycles. The summed E-state index contributed by atoms with van der Waals surface area (Å²) in [7, 11) is 2.28. The first-order valence-electron chi connectivity index (χ1n) is 8.73. The highest BCUT2D eigenvalue weighted by molar-refractivity contribution is 5.21. The Morgan fingerprint density at radius 2 is 1.90 bits per heavy atom. The van der Waals surface area contributed by atoms with Crippen LogP contribution in [0.2, 0.25) is 0 Å². The van der Waals surface area contributed by atoms with E-state index < -0.39 is 0 Å². The zero-order chi connectivity index (χ0) is 15.3. The highest BCUT2D eigenvalue weighted by Crippen LogP contribution is 2.58. The van der Waals surface area contributed by atoms with Gasteiger partial charge in [0.25, 0.3) is 0 Å². The van der Waals surface area contributed by atoms with Crippen LogP contribution in [0.3, 0.4) is 0 Å². The van der Waals surface area contributed by atoms with Gasteiger partial charge in [0.1, 0.15) is 0 Å². The van der Waals surface area contributed by atoms with Gasteiger partial charge in [0, 0.05) is 36.1 Å². The molecule has 0 aromatic heterocycles. The maximum Gasteiger partial charge on any atom is 0.0691 e. The largest absolute Gasteiger partial charge is 0.377 e. The molecule has 2 N–H and O–H groups in total. The topological polar surface area (TPSA) is 41.7 Å². The molecule has 21 heavy (non-hydrogen) atoms. The third-order valence-electron chi connectivity index (χ3n) is 6.80. The Labute approximate surface area is 130 Å². The first kappa shape index (κ1) is 15.7. The standard InChI is InChI=1S/C17H33N3O/c1-5-20-9-6-13(7-10-20)19(4)12-17(18)14-8-11-21-15(14)16(17,2)3/h13-15H,5-12,18H2,1-4H3. The molecule has 3 aliphatic rings. The van der Waals surface area contributed by atoms with Crippen LogP contribution in [0, 0.1) is 11.3 Å². The Morgan fingerprint density at radius 1 is 1.24 bits per heavy atom. The van der Waals surface area contributed by atoms with Crippen LogP contribution >= 0.6 is 0 Å². The van der Waals surface area contributed by atoms with E-state index in [0.717, 1.165) is 19.6 Å². The molecule has 4 heteroatoms. The number of ether oxygens (including phenoxy) is 1. The van der Waals surface area contributed by atoms with Crippen molar-refractivity contribution in [3.63, 3.8) is 0 Å². The summed E-state index contributed by atoms with van der Waals surface area (Å²) < 4.78 is 5.91. The second-order valence-corrected chi connectivity index (χ2v) is 8.03. The molecule has 0 radical (unpaired) electrons. The molecule has 2 heterocycles. The van der Waals surface area contributed by atoms with Gasteiger partial charge in [-0.3, -0.25) is 0 Å². The first-order chi connectivity index (χ1) is 9.90. The highest BCUT2D eigenvalue weighted by Gasteiger charge is 2.67. The number of hydrogen-bond acceptors (Lipinski definition) is 4. The molecule has 3 fully saturated rings. The molecule has 2 saturated heterocycles. The number of nitrogens with two attached hydrogens (primary N) is 1. The van der Waals surface area contributed by atoms with Gasteiger partial charge in [-0.2, -0.15) is 0 Å². The highest BCUT2D eigenvalue weighted by atomic mass is 16.5. The van der Waals surface area contributed by atoms with E-state index >= 15 is 0 Å². The van der Waals surface area contributed by atoms with Gasteiger partial charge in [0.15, 0.2) is 0 Å². The summed E-state index contributed by atoms with van der Waals surface area (Å²) in [6.07, 6.45) is 4.10. The maximum absolute atomic E-state index is 6.89. The summed E-state index contributed by atoms with van der Waals surface area (Å²) in [5.74, 6) is 0.561. The molecule has 3 unspecified atom stereocenters. The van der Waals surface area contributed by atoms with E-state index in [-0.39, 0.29) is 11.0 Å². The summed E-state index contributed by atoms with van der Waals surface area (Å²) in [5, 5.41) is 0. The number of likely N-dealkylation sites (N-methyl/N-ethyl adjacent to an activating group) is 1. The predicted octanol–water partition coefficient (Wildman–Crippen LogP) is 1.54. The molecule has 1 saturated carbocycles. The number of rotatable bonds is 4. The number of piperidine rings is 1. The molecule has 4 nitrogen and oxygen atoms in total. The maximum atomic E-state index is 6.89. The number of fused-ring (bicyclic) bond motifs is 1. The quantitative estimate of drug-likeness (QED) is 0.854. The minimum Gasteiger partial charge on any atom is -0.377 e. The minimum absolute atomic E-state index is 0.0786. The molecule has 0 bridgehead atoms. The lowest BCUT2D eigenvalue weighted by atomic mass is 9.48. The van der Waals surface area contributed by atoms with E-state index in [1.807, 2.05) is 0 Å². The van der Waals surface area contributed by atoms with Crippen LogP contribution in [0.1, 0.15) is 40.0 Å². The van der Waals surface area contributed by atoms with Crippen molar-refractivity contribution in [1.29, 1.82) is 0 Å². The molecule has 2 aliphatic heterocycles. The molecule has 0 spiro atoms. The second kappa shape index (κ2) is 5.48. The van der Waals surface area contributed by atoms with Gasteiger partial charge >= 0.3 is 0 Å². The first-order valence-corrected chi connectivity index (χ1v) is 8.73. The summed E-state index contributed by atoms with van der Waals surface area (Å²) >= 11 is 0. The van der Waals surface area contributed by atoms with Gasteiger partial charge in [-0.15, -0.1) is 0 Å². The second-order valence-electron chi connectivity index (χ2n) is 8.03. The fraction of sp³-hybridized carbons (Fsp3) is 1.00. The minimum atomic E-state index is -0.0786. The van der Waals surface area contributed by atoms with Gasteiger partial charge in [-0.05, 0) is 45.9 Å². The van der Waals surface area contributed by atoms with Crippen LogP contribution in [-0.2, 0) is 4.74 Å². The molecule has 0 amide bonds. The smallest absolute Gasteiger partial charge is 0.0691 e. The van der Waals surface area contributed by atoms with Crippen molar-refractivity contribution in [2.45, 2.75) is 57.7 Å². The van der Waals surface area contributed by atoms with Crippen LogP contribution < -0.4 is 5.73 Å². The van der Waals surface area contributed by atoms with Crippen LogP contribution in [0.25, 0.3) is 0 Å². The zero-order valence-corrected chi connectivity index (χ0v) is 14.3. The lowest BCUT2D eigenvalue weighted by Crippen LogP contribution is -2.78. The summed E-state index contributed by atoms with van der Waals surface area (Å²) in [6, 6.07) is 0.699. The number of hydrogen-bond donors (Lipinski definition) is 1. The SMILES string of the molecule is CCN1CCC(N(C)CC2(N)C3CCOC3C2(C)C)CC1. The van der Waals surface area contributed by atoms with Gasteiger partial charge < -0.3 is 20.3 Å². The molecule has 122 valence electrons. The fourth-order valence-electron chi connectivity index (χ4n) is 5.01. The van der Waals surface area contributed by atoms with Crippen molar-refractivity contribution < 1.29 is 4.74 Å². The predicted molar refractivity (Wildman–Crippen MR) is 86.3 cm³/mol. The van der Waals surface area contributed by atoms with Crippen molar-refractivity contribution in [2.75, 3.05) is 39.8 Å². The molecular formula is C17H33N3O. The van der Waals surface area contributed by atoms with E-state index in [2.05, 4.69) is 37.6 Å². The average molecular weight is 295 g/mol. The van der Waals surface area contributed by atoms with Gasteiger partial charge in [-0.25, -0.2) is 0 Å². The lowest BCUT2D eigenvalue weighted by molar-refractivity contribution is -0.164. The van der Waals surface area contributed by atoms with Crippen molar-refractivity contribution in [2.24, 2.45) is 17.1 Å². The Balaban J connectivity index is 1.61. The molecule has 3 atom stereocenters. The molecular weight excluding hydrogens is 262 g/mol. The van der Waals surface area contributed by atoms with Gasteiger partial charge in [-0.1, -0.05) is 20.8 Å². The fourth-order valence-corrected chi connectivity index (χ4v) is 5.01. The average Bonchev–Trinajstić information content (AvgIpc) is 2.96. The van der Waals surface area contributed by atoms with Crippen molar-refractivity contribution in [1.82, 2.24) is 9.80 Å². The van der Waals surface area contributed by atoms with Crippen LogP contribution in [0.15, 0.2) is 0 Å². The number of likely N-dealkylation sites (tertiary alicyclic amines) is 1. The van der Waals surface area contributed by atoms with E-state index in [1.54, 1.807) is 0 Å². The van der Waals surface area contributed by atoms with E-state index in [9.17, 15) is 0 Å². The summed E-state index contributed by atoms with van der Waals surface area (Å²) in [4.78, 5) is 5.10. The third-order valence-corrected chi connectivity index (χ3v) is 6.80. The normalized spacial score (nSPS) is 40.3. The molecule has 0 aromatic rings. The summed E-state index contributed by atoms with van der Waals surface area (Å²) in [5.41, 5.74) is 6.92. The third kappa shape index (κ3) is 2.35. The molecule has 0 aromatic carbocycles. The Bertz CT molecular complexity index is 378. The lowest BCUT2D eigenvalue weighted by Gasteiger charge is -2.63. The van der Waals surface area contributed by atoms with E-state index in [0.29, 0.717) is 18.1 Å². The van der Waals surface area contributed by atoms with Crippen LogP contribution in [0.4, 0.5) is 0 Å². The van der Waals surface area contributed by atoms with Crippen LogP contribution in [-0.4, -0.2) is 67.3 Å².